The van der Waals surface area contributed by atoms with Crippen LogP contribution in [0.5, 0.6) is 0 Å². The number of sulfonamides is 1. The summed E-state index contributed by atoms with van der Waals surface area (Å²) in [5, 5.41) is 8.97. The molecule has 2 rings (SSSR count). The van der Waals surface area contributed by atoms with E-state index in [9.17, 15) is 13.2 Å². The number of nitrogen functional groups attached to an aromatic ring is 1. The standard InChI is InChI=1S/C12H12N4O4S/c1-21(19,20)16-8-4-2-3-7(5-8)9-6-14-11(13)10(15-9)12(17)18/h2-6,16H,1H3,(H2,13,14)(H,17,18). The van der Waals surface area contributed by atoms with Crippen LogP contribution in [0.4, 0.5) is 11.5 Å². The molecule has 2 aromatic rings. The van der Waals surface area contributed by atoms with Gasteiger partial charge in [-0.15, -0.1) is 0 Å². The zero-order valence-electron chi connectivity index (χ0n) is 10.9. The molecule has 4 N–H and O–H groups in total. The van der Waals surface area contributed by atoms with Crippen LogP contribution in [0.15, 0.2) is 30.5 Å². The molecule has 0 fully saturated rings. The predicted molar refractivity (Wildman–Crippen MR) is 77.3 cm³/mol. The summed E-state index contributed by atoms with van der Waals surface area (Å²) in [7, 11) is -3.40. The largest absolute Gasteiger partial charge is 0.476 e. The molecule has 1 aromatic heterocycles. The quantitative estimate of drug-likeness (QED) is 0.759. The van der Waals surface area contributed by atoms with Gasteiger partial charge in [-0.05, 0) is 12.1 Å². The van der Waals surface area contributed by atoms with Crippen LogP contribution in [0.25, 0.3) is 11.3 Å². The van der Waals surface area contributed by atoms with Crippen LogP contribution in [0.3, 0.4) is 0 Å². The minimum absolute atomic E-state index is 0.184. The van der Waals surface area contributed by atoms with Crippen molar-refractivity contribution in [3.63, 3.8) is 0 Å². The SMILES string of the molecule is CS(=O)(=O)Nc1cccc(-c2cnc(N)c(C(=O)O)n2)c1. The Labute approximate surface area is 120 Å². The Morgan fingerprint density at radius 2 is 2.10 bits per heavy atom. The van der Waals surface area contributed by atoms with Crippen LogP contribution >= 0.6 is 0 Å². The Bertz CT molecular complexity index is 805. The molecule has 0 aliphatic rings. The first-order valence-electron chi connectivity index (χ1n) is 5.70. The van der Waals surface area contributed by atoms with Gasteiger partial charge in [-0.25, -0.2) is 23.2 Å². The van der Waals surface area contributed by atoms with Crippen molar-refractivity contribution in [2.24, 2.45) is 0 Å². The van der Waals surface area contributed by atoms with E-state index in [-0.39, 0.29) is 17.2 Å². The van der Waals surface area contributed by atoms with Crippen LogP contribution in [0, 0.1) is 0 Å². The molecular weight excluding hydrogens is 296 g/mol. The highest BCUT2D eigenvalue weighted by Crippen LogP contribution is 2.22. The maximum atomic E-state index is 11.2. The van der Waals surface area contributed by atoms with E-state index in [4.69, 9.17) is 10.8 Å². The molecule has 0 amide bonds. The molecule has 1 heterocycles. The number of carboxylic acids is 1. The van der Waals surface area contributed by atoms with Gasteiger partial charge in [-0.3, -0.25) is 4.72 Å². The summed E-state index contributed by atoms with van der Waals surface area (Å²) in [6, 6.07) is 6.35. The molecule has 0 bridgehead atoms. The van der Waals surface area contributed by atoms with Crippen molar-refractivity contribution in [1.82, 2.24) is 9.97 Å². The number of anilines is 2. The summed E-state index contributed by atoms with van der Waals surface area (Å²) in [5.74, 6) is -1.47. The van der Waals surface area contributed by atoms with Crippen LogP contribution in [0.1, 0.15) is 10.5 Å². The molecule has 0 aliphatic carbocycles. The number of aromatic nitrogens is 2. The van der Waals surface area contributed by atoms with E-state index >= 15 is 0 Å². The number of nitrogens with one attached hydrogen (secondary N) is 1. The fourth-order valence-electron chi connectivity index (χ4n) is 1.65. The zero-order valence-corrected chi connectivity index (χ0v) is 11.8. The average Bonchev–Trinajstić information content (AvgIpc) is 2.37. The van der Waals surface area contributed by atoms with Crippen LogP contribution in [-0.4, -0.2) is 35.7 Å². The number of nitrogens with two attached hydrogens (primary N) is 1. The molecule has 9 heteroatoms. The van der Waals surface area contributed by atoms with Gasteiger partial charge in [0.05, 0.1) is 18.1 Å². The average molecular weight is 308 g/mol. The third-order valence-corrected chi connectivity index (χ3v) is 3.07. The van der Waals surface area contributed by atoms with Crippen LogP contribution in [0.2, 0.25) is 0 Å². The summed E-state index contributed by atoms with van der Waals surface area (Å²) >= 11 is 0. The van der Waals surface area contributed by atoms with E-state index in [2.05, 4.69) is 14.7 Å². The molecule has 0 spiro atoms. The van der Waals surface area contributed by atoms with E-state index in [0.717, 1.165) is 6.26 Å². The highest BCUT2D eigenvalue weighted by atomic mass is 32.2. The normalized spacial score (nSPS) is 11.1. The molecule has 1 aromatic carbocycles. The van der Waals surface area contributed by atoms with Gasteiger partial charge in [0, 0.05) is 11.3 Å². The minimum atomic E-state index is -3.40. The van der Waals surface area contributed by atoms with Crippen molar-refractivity contribution in [2.75, 3.05) is 16.7 Å². The topological polar surface area (TPSA) is 135 Å². The second-order valence-corrected chi connectivity index (χ2v) is 6.00. The van der Waals surface area contributed by atoms with Gasteiger partial charge in [0.25, 0.3) is 0 Å². The van der Waals surface area contributed by atoms with Gasteiger partial charge in [0.1, 0.15) is 0 Å². The number of nitrogens with zero attached hydrogens (tertiary/aromatic N) is 2. The van der Waals surface area contributed by atoms with Gasteiger partial charge in [0.15, 0.2) is 11.5 Å². The molecule has 0 aliphatic heterocycles. The fourth-order valence-corrected chi connectivity index (χ4v) is 2.21. The first kappa shape index (κ1) is 14.7. The monoisotopic (exact) mass is 308 g/mol. The Morgan fingerprint density at radius 3 is 2.71 bits per heavy atom. The number of carbonyl (C=O) groups is 1. The second kappa shape index (κ2) is 5.37. The van der Waals surface area contributed by atoms with Crippen molar-refractivity contribution >= 4 is 27.5 Å². The Morgan fingerprint density at radius 1 is 1.38 bits per heavy atom. The van der Waals surface area contributed by atoms with E-state index < -0.39 is 16.0 Å². The van der Waals surface area contributed by atoms with Gasteiger partial charge in [0.2, 0.25) is 10.0 Å². The molecule has 8 nitrogen and oxygen atoms in total. The lowest BCUT2D eigenvalue weighted by molar-refractivity contribution is 0.0691. The lowest BCUT2D eigenvalue weighted by Gasteiger charge is -2.07. The number of rotatable bonds is 4. The van der Waals surface area contributed by atoms with Gasteiger partial charge in [-0.1, -0.05) is 12.1 Å². The van der Waals surface area contributed by atoms with Crippen molar-refractivity contribution in [3.8, 4) is 11.3 Å². The molecule has 110 valence electrons. The van der Waals surface area contributed by atoms with E-state index in [1.54, 1.807) is 18.2 Å². The Hall–Kier alpha value is -2.68. The molecule has 0 unspecified atom stereocenters. The maximum absolute atomic E-state index is 11.2. The number of benzene rings is 1. The van der Waals surface area contributed by atoms with E-state index in [1.807, 2.05) is 0 Å². The number of hydrogen-bond donors (Lipinski definition) is 3. The first-order chi connectivity index (χ1) is 9.76. The second-order valence-electron chi connectivity index (χ2n) is 4.25. The zero-order chi connectivity index (χ0) is 15.6. The molecule has 21 heavy (non-hydrogen) atoms. The summed E-state index contributed by atoms with van der Waals surface area (Å²) in [6.45, 7) is 0. The van der Waals surface area contributed by atoms with E-state index in [1.165, 1.54) is 12.3 Å². The van der Waals surface area contributed by atoms with Crippen LogP contribution < -0.4 is 10.5 Å². The van der Waals surface area contributed by atoms with Crippen molar-refractivity contribution < 1.29 is 18.3 Å². The summed E-state index contributed by atoms with van der Waals surface area (Å²) < 4.78 is 24.7. The number of hydrogen-bond acceptors (Lipinski definition) is 6. The first-order valence-corrected chi connectivity index (χ1v) is 7.59. The highest BCUT2D eigenvalue weighted by Gasteiger charge is 2.13. The van der Waals surface area contributed by atoms with E-state index in [0.29, 0.717) is 11.3 Å². The molecule has 0 saturated carbocycles. The summed E-state index contributed by atoms with van der Waals surface area (Å²) in [4.78, 5) is 18.7. The molecule has 0 radical (unpaired) electrons. The maximum Gasteiger partial charge on any atom is 0.358 e. The van der Waals surface area contributed by atoms with Gasteiger partial charge in [-0.2, -0.15) is 0 Å². The summed E-state index contributed by atoms with van der Waals surface area (Å²) in [6.07, 6.45) is 2.35. The molecule has 0 saturated heterocycles. The third-order valence-electron chi connectivity index (χ3n) is 2.46. The predicted octanol–water partition coefficient (Wildman–Crippen LogP) is 0.795. The van der Waals surface area contributed by atoms with Crippen molar-refractivity contribution in [2.45, 2.75) is 0 Å². The van der Waals surface area contributed by atoms with Crippen molar-refractivity contribution in [3.05, 3.63) is 36.2 Å². The lowest BCUT2D eigenvalue weighted by Crippen LogP contribution is -2.10. The fraction of sp³-hybridized carbons (Fsp3) is 0.0833. The number of aromatic carboxylic acids is 1. The Kier molecular flexibility index (Phi) is 3.76. The molecular formula is C12H12N4O4S. The highest BCUT2D eigenvalue weighted by molar-refractivity contribution is 7.92. The Balaban J connectivity index is 2.45. The smallest absolute Gasteiger partial charge is 0.358 e. The molecule has 0 atom stereocenters. The third kappa shape index (κ3) is 3.66. The lowest BCUT2D eigenvalue weighted by atomic mass is 10.1. The number of carboxylic acid groups (broad SMARTS) is 1. The minimum Gasteiger partial charge on any atom is -0.476 e. The summed E-state index contributed by atoms with van der Waals surface area (Å²) in [5.41, 5.74) is 6.21. The van der Waals surface area contributed by atoms with Crippen LogP contribution in [-0.2, 0) is 10.0 Å². The van der Waals surface area contributed by atoms with Gasteiger partial charge >= 0.3 is 5.97 Å². The van der Waals surface area contributed by atoms with Gasteiger partial charge < -0.3 is 10.8 Å². The van der Waals surface area contributed by atoms with Crippen molar-refractivity contribution in [1.29, 1.82) is 0 Å².